The van der Waals surface area contributed by atoms with Gasteiger partial charge in [-0.3, -0.25) is 4.79 Å². The van der Waals surface area contributed by atoms with Crippen LogP contribution in [0, 0.1) is 13.8 Å². The van der Waals surface area contributed by atoms with E-state index in [-0.39, 0.29) is 11.7 Å². The molecule has 0 spiro atoms. The molecule has 0 aliphatic carbocycles. The number of nitrogens with zero attached hydrogens (tertiary/aromatic N) is 5. The van der Waals surface area contributed by atoms with Crippen LogP contribution in [0.1, 0.15) is 17.0 Å². The first kappa shape index (κ1) is 17.1. The van der Waals surface area contributed by atoms with Crippen LogP contribution in [0.5, 0.6) is 0 Å². The molecule has 128 valence electrons. The van der Waals surface area contributed by atoms with Crippen LogP contribution in [0.2, 0.25) is 0 Å². The summed E-state index contributed by atoms with van der Waals surface area (Å²) in [4.78, 5) is 24.6. The lowest BCUT2D eigenvalue weighted by Gasteiger charge is -2.07. The molecule has 25 heavy (non-hydrogen) atoms. The molecule has 8 heteroatoms. The van der Waals surface area contributed by atoms with Gasteiger partial charge in [-0.05, 0) is 37.6 Å². The molecule has 3 aromatic rings. The minimum atomic E-state index is -0.0863. The molecular formula is C17H18N6OS. The van der Waals surface area contributed by atoms with Gasteiger partial charge in [0.25, 0.3) is 0 Å². The van der Waals surface area contributed by atoms with Gasteiger partial charge in [-0.25, -0.2) is 19.6 Å². The van der Waals surface area contributed by atoms with Crippen molar-refractivity contribution >= 4 is 23.4 Å². The molecular weight excluding hydrogens is 336 g/mol. The van der Waals surface area contributed by atoms with Gasteiger partial charge in [-0.2, -0.15) is 5.10 Å². The first-order valence-electron chi connectivity index (χ1n) is 7.75. The number of amides is 1. The van der Waals surface area contributed by atoms with Crippen LogP contribution in [0.25, 0.3) is 0 Å². The molecule has 0 radical (unpaired) electrons. The van der Waals surface area contributed by atoms with Gasteiger partial charge in [0.2, 0.25) is 5.91 Å². The summed E-state index contributed by atoms with van der Waals surface area (Å²) in [5.41, 5.74) is 3.65. The topological polar surface area (TPSA) is 85.6 Å². The van der Waals surface area contributed by atoms with Crippen LogP contribution in [0.4, 0.5) is 5.69 Å². The minimum absolute atomic E-state index is 0.0863. The maximum atomic E-state index is 12.1. The summed E-state index contributed by atoms with van der Waals surface area (Å²) < 4.78 is 1.74. The molecule has 2 aromatic heterocycles. The lowest BCUT2D eigenvalue weighted by Crippen LogP contribution is -2.14. The standard InChI is InChI=1S/C17H18N6OS/c1-12-7-13(2)21-17(20-12)25-9-16(24)22-15-5-3-14(4-6-15)8-23-11-18-10-19-23/h3-7,10-11H,8-9H2,1-2H3,(H,22,24). The molecule has 0 unspecified atom stereocenters. The highest BCUT2D eigenvalue weighted by Crippen LogP contribution is 2.15. The number of nitrogens with one attached hydrogen (secondary N) is 1. The van der Waals surface area contributed by atoms with E-state index in [4.69, 9.17) is 0 Å². The number of carbonyl (C=O) groups is 1. The summed E-state index contributed by atoms with van der Waals surface area (Å²) in [6.07, 6.45) is 3.17. The largest absolute Gasteiger partial charge is 0.325 e. The predicted octanol–water partition coefficient (Wildman–Crippen LogP) is 2.46. The van der Waals surface area contributed by atoms with Crippen LogP contribution in [-0.4, -0.2) is 36.4 Å². The van der Waals surface area contributed by atoms with Crippen molar-refractivity contribution in [3.05, 3.63) is 59.9 Å². The van der Waals surface area contributed by atoms with Crippen molar-refractivity contribution in [3.8, 4) is 0 Å². The van der Waals surface area contributed by atoms with Crippen molar-refractivity contribution in [2.45, 2.75) is 25.5 Å². The van der Waals surface area contributed by atoms with Crippen molar-refractivity contribution in [1.29, 1.82) is 0 Å². The Morgan fingerprint density at radius 1 is 1.16 bits per heavy atom. The van der Waals surface area contributed by atoms with Gasteiger partial charge in [0.1, 0.15) is 12.7 Å². The summed E-state index contributed by atoms with van der Waals surface area (Å²) >= 11 is 1.33. The number of thioether (sulfide) groups is 1. The average molecular weight is 354 g/mol. The molecule has 0 aliphatic rings. The smallest absolute Gasteiger partial charge is 0.234 e. The quantitative estimate of drug-likeness (QED) is 0.541. The van der Waals surface area contributed by atoms with Gasteiger partial charge in [0.15, 0.2) is 5.16 Å². The summed E-state index contributed by atoms with van der Waals surface area (Å²) in [6.45, 7) is 4.48. The zero-order chi connectivity index (χ0) is 17.6. The summed E-state index contributed by atoms with van der Waals surface area (Å²) in [5.74, 6) is 0.181. The molecule has 1 amide bonds. The van der Waals surface area contributed by atoms with Gasteiger partial charge < -0.3 is 5.32 Å². The van der Waals surface area contributed by atoms with Gasteiger partial charge in [-0.15, -0.1) is 0 Å². The Kier molecular flexibility index (Phi) is 5.39. The number of rotatable bonds is 6. The average Bonchev–Trinajstić information content (AvgIpc) is 3.07. The van der Waals surface area contributed by atoms with E-state index < -0.39 is 0 Å². The molecule has 0 bridgehead atoms. The third-order valence-corrected chi connectivity index (χ3v) is 4.19. The lowest BCUT2D eigenvalue weighted by molar-refractivity contribution is -0.113. The summed E-state index contributed by atoms with van der Waals surface area (Å²) in [6, 6.07) is 9.57. The fourth-order valence-electron chi connectivity index (χ4n) is 2.28. The van der Waals surface area contributed by atoms with Crippen LogP contribution < -0.4 is 5.32 Å². The van der Waals surface area contributed by atoms with E-state index in [1.54, 1.807) is 11.0 Å². The van der Waals surface area contributed by atoms with E-state index in [1.165, 1.54) is 18.1 Å². The minimum Gasteiger partial charge on any atom is -0.325 e. The van der Waals surface area contributed by atoms with Gasteiger partial charge in [-0.1, -0.05) is 23.9 Å². The fourth-order valence-corrected chi connectivity index (χ4v) is 3.03. The third kappa shape index (κ3) is 5.12. The first-order chi connectivity index (χ1) is 12.1. The Hall–Kier alpha value is -2.74. The molecule has 0 atom stereocenters. The number of aryl methyl sites for hydroxylation is 2. The second-order valence-corrected chi connectivity index (χ2v) is 6.50. The molecule has 1 N–H and O–H groups in total. The van der Waals surface area contributed by atoms with Gasteiger partial charge >= 0.3 is 0 Å². The number of hydrogen-bond donors (Lipinski definition) is 1. The Labute approximate surface area is 149 Å². The van der Waals surface area contributed by atoms with Gasteiger partial charge in [0, 0.05) is 17.1 Å². The fraction of sp³-hybridized carbons (Fsp3) is 0.235. The maximum Gasteiger partial charge on any atom is 0.234 e. The first-order valence-corrected chi connectivity index (χ1v) is 8.73. The van der Waals surface area contributed by atoms with Crippen molar-refractivity contribution < 1.29 is 4.79 Å². The molecule has 0 saturated carbocycles. The number of hydrogen-bond acceptors (Lipinski definition) is 6. The van der Waals surface area contributed by atoms with Gasteiger partial charge in [0.05, 0.1) is 12.3 Å². The number of benzene rings is 1. The highest BCUT2D eigenvalue weighted by atomic mass is 32.2. The number of anilines is 1. The van der Waals surface area contributed by atoms with E-state index in [0.29, 0.717) is 11.7 Å². The Balaban J connectivity index is 1.52. The van der Waals surface area contributed by atoms with E-state index >= 15 is 0 Å². The van der Waals surface area contributed by atoms with E-state index in [9.17, 15) is 4.79 Å². The summed E-state index contributed by atoms with van der Waals surface area (Å²) in [7, 11) is 0. The Morgan fingerprint density at radius 3 is 2.52 bits per heavy atom. The molecule has 3 rings (SSSR count). The summed E-state index contributed by atoms with van der Waals surface area (Å²) in [5, 5.41) is 7.57. The molecule has 0 fully saturated rings. The second kappa shape index (κ2) is 7.89. The molecule has 1 aromatic carbocycles. The monoisotopic (exact) mass is 354 g/mol. The molecule has 7 nitrogen and oxygen atoms in total. The highest BCUT2D eigenvalue weighted by Gasteiger charge is 2.07. The van der Waals surface area contributed by atoms with Crippen LogP contribution in [0.3, 0.4) is 0 Å². The number of aromatic nitrogens is 5. The Bertz CT molecular complexity index is 828. The van der Waals surface area contributed by atoms with Crippen LogP contribution in [-0.2, 0) is 11.3 Å². The SMILES string of the molecule is Cc1cc(C)nc(SCC(=O)Nc2ccc(Cn3cncn3)cc2)n1. The maximum absolute atomic E-state index is 12.1. The highest BCUT2D eigenvalue weighted by molar-refractivity contribution is 7.99. The van der Waals surface area contributed by atoms with E-state index in [1.807, 2.05) is 44.2 Å². The predicted molar refractivity (Wildman–Crippen MR) is 96.4 cm³/mol. The molecule has 0 aliphatic heterocycles. The zero-order valence-electron chi connectivity index (χ0n) is 14.0. The second-order valence-electron chi connectivity index (χ2n) is 5.56. The third-order valence-electron chi connectivity index (χ3n) is 3.34. The van der Waals surface area contributed by atoms with Crippen molar-refractivity contribution in [1.82, 2.24) is 24.7 Å². The number of carbonyl (C=O) groups excluding carboxylic acids is 1. The normalized spacial score (nSPS) is 10.6. The van der Waals surface area contributed by atoms with E-state index in [0.717, 1.165) is 22.6 Å². The molecule has 0 saturated heterocycles. The zero-order valence-corrected chi connectivity index (χ0v) is 14.8. The molecule has 2 heterocycles. The Morgan fingerprint density at radius 2 is 1.88 bits per heavy atom. The van der Waals surface area contributed by atoms with E-state index in [2.05, 4.69) is 25.4 Å². The van der Waals surface area contributed by atoms with Crippen LogP contribution in [0.15, 0.2) is 48.1 Å². The van der Waals surface area contributed by atoms with Crippen molar-refractivity contribution in [3.63, 3.8) is 0 Å². The van der Waals surface area contributed by atoms with Crippen LogP contribution >= 0.6 is 11.8 Å². The van der Waals surface area contributed by atoms with Crippen molar-refractivity contribution in [2.75, 3.05) is 11.1 Å². The lowest BCUT2D eigenvalue weighted by atomic mass is 10.2. The van der Waals surface area contributed by atoms with Crippen molar-refractivity contribution in [2.24, 2.45) is 0 Å².